The van der Waals surface area contributed by atoms with Crippen molar-refractivity contribution in [1.29, 1.82) is 5.26 Å². The lowest BCUT2D eigenvalue weighted by atomic mass is 10.1. The van der Waals surface area contributed by atoms with Gasteiger partial charge < -0.3 is 0 Å². The van der Waals surface area contributed by atoms with Crippen LogP contribution in [0.3, 0.4) is 0 Å². The van der Waals surface area contributed by atoms with Crippen LogP contribution in [-0.2, 0) is 0 Å². The average molecular weight is 184 g/mol. The summed E-state index contributed by atoms with van der Waals surface area (Å²) < 4.78 is 0. The molecule has 0 unspecified atom stereocenters. The van der Waals surface area contributed by atoms with E-state index < -0.39 is 0 Å². The zero-order valence-electron chi connectivity index (χ0n) is 7.65. The summed E-state index contributed by atoms with van der Waals surface area (Å²) in [6.45, 7) is 2.01. The number of hydrogen-bond acceptors (Lipinski definition) is 3. The number of hydrogen-bond donors (Lipinski definition) is 1. The number of nitrogens with zero attached hydrogens (tertiary/aromatic N) is 3. The van der Waals surface area contributed by atoms with Crippen molar-refractivity contribution in [2.75, 3.05) is 0 Å². The Kier molecular flexibility index (Phi) is 1.99. The van der Waals surface area contributed by atoms with Gasteiger partial charge in [0, 0.05) is 5.56 Å². The highest BCUT2D eigenvalue weighted by atomic mass is 15.3. The first-order valence-electron chi connectivity index (χ1n) is 4.19. The van der Waals surface area contributed by atoms with E-state index >= 15 is 0 Å². The molecule has 0 aliphatic carbocycles. The first kappa shape index (κ1) is 8.45. The SMILES string of the molecule is Cc1ccc(-c2nn[nH]c2C#N)cc1. The fourth-order valence-electron chi connectivity index (χ4n) is 1.22. The van der Waals surface area contributed by atoms with Gasteiger partial charge in [0.2, 0.25) is 0 Å². The molecule has 0 aliphatic rings. The highest BCUT2D eigenvalue weighted by Gasteiger charge is 2.07. The van der Waals surface area contributed by atoms with Crippen LogP contribution in [0, 0.1) is 18.3 Å². The molecule has 4 nitrogen and oxygen atoms in total. The van der Waals surface area contributed by atoms with Crippen molar-refractivity contribution in [1.82, 2.24) is 15.4 Å². The number of nitrogens with one attached hydrogen (secondary N) is 1. The van der Waals surface area contributed by atoms with Crippen molar-refractivity contribution < 1.29 is 0 Å². The zero-order chi connectivity index (χ0) is 9.97. The first-order chi connectivity index (χ1) is 6.81. The molecule has 0 saturated heterocycles. The van der Waals surface area contributed by atoms with Gasteiger partial charge in [0.25, 0.3) is 0 Å². The van der Waals surface area contributed by atoms with Crippen LogP contribution in [0.1, 0.15) is 11.3 Å². The molecule has 0 atom stereocenters. The summed E-state index contributed by atoms with van der Waals surface area (Å²) in [5, 5.41) is 18.8. The summed E-state index contributed by atoms with van der Waals surface area (Å²) >= 11 is 0. The molecule has 4 heteroatoms. The molecule has 1 aromatic carbocycles. The molecule has 0 bridgehead atoms. The molecule has 2 aromatic rings. The number of aromatic amines is 1. The number of nitriles is 1. The summed E-state index contributed by atoms with van der Waals surface area (Å²) in [5.41, 5.74) is 3.08. The maximum Gasteiger partial charge on any atom is 0.163 e. The smallest absolute Gasteiger partial charge is 0.163 e. The quantitative estimate of drug-likeness (QED) is 0.732. The first-order valence-corrected chi connectivity index (χ1v) is 4.19. The van der Waals surface area contributed by atoms with E-state index in [1.165, 1.54) is 5.56 Å². The molecule has 2 rings (SSSR count). The Morgan fingerprint density at radius 1 is 1.29 bits per heavy atom. The number of aryl methyl sites for hydroxylation is 1. The fourth-order valence-corrected chi connectivity index (χ4v) is 1.22. The summed E-state index contributed by atoms with van der Waals surface area (Å²) in [6.07, 6.45) is 0. The Morgan fingerprint density at radius 3 is 2.64 bits per heavy atom. The van der Waals surface area contributed by atoms with Crippen LogP contribution < -0.4 is 0 Å². The maximum atomic E-state index is 8.76. The second-order valence-corrected chi connectivity index (χ2v) is 3.01. The number of aromatic nitrogens is 3. The van der Waals surface area contributed by atoms with E-state index in [9.17, 15) is 0 Å². The van der Waals surface area contributed by atoms with E-state index in [1.807, 2.05) is 37.3 Å². The summed E-state index contributed by atoms with van der Waals surface area (Å²) in [5.74, 6) is 0. The molecule has 0 amide bonds. The number of benzene rings is 1. The van der Waals surface area contributed by atoms with Gasteiger partial charge in [-0.2, -0.15) is 5.26 Å². The van der Waals surface area contributed by atoms with Crippen LogP contribution in [0.2, 0.25) is 0 Å². The molecule has 1 aromatic heterocycles. The molecule has 0 spiro atoms. The van der Waals surface area contributed by atoms with Crippen LogP contribution in [-0.4, -0.2) is 15.4 Å². The molecule has 1 N–H and O–H groups in total. The fraction of sp³-hybridized carbons (Fsp3) is 0.100. The van der Waals surface area contributed by atoms with Gasteiger partial charge in [-0.3, -0.25) is 0 Å². The summed E-state index contributed by atoms with van der Waals surface area (Å²) in [4.78, 5) is 0. The van der Waals surface area contributed by atoms with E-state index in [0.29, 0.717) is 11.4 Å². The third-order valence-electron chi connectivity index (χ3n) is 1.99. The Labute approximate surface area is 81.2 Å². The third kappa shape index (κ3) is 1.36. The lowest BCUT2D eigenvalue weighted by Gasteiger charge is -1.96. The van der Waals surface area contributed by atoms with Crippen LogP contribution in [0.5, 0.6) is 0 Å². The van der Waals surface area contributed by atoms with Gasteiger partial charge in [0.1, 0.15) is 11.8 Å². The highest BCUT2D eigenvalue weighted by Crippen LogP contribution is 2.18. The van der Waals surface area contributed by atoms with Gasteiger partial charge >= 0.3 is 0 Å². The zero-order valence-corrected chi connectivity index (χ0v) is 7.65. The van der Waals surface area contributed by atoms with Crippen molar-refractivity contribution in [2.45, 2.75) is 6.92 Å². The lowest BCUT2D eigenvalue weighted by Crippen LogP contribution is -1.82. The molecular formula is C10H8N4. The number of rotatable bonds is 1. The molecule has 68 valence electrons. The van der Waals surface area contributed by atoms with Crippen LogP contribution in [0.25, 0.3) is 11.3 Å². The Balaban J connectivity index is 2.50. The van der Waals surface area contributed by atoms with Crippen LogP contribution in [0.4, 0.5) is 0 Å². The van der Waals surface area contributed by atoms with Gasteiger partial charge in [0.15, 0.2) is 5.69 Å². The normalized spacial score (nSPS) is 9.71. The Bertz CT molecular complexity index is 476. The van der Waals surface area contributed by atoms with Gasteiger partial charge in [-0.15, -0.1) is 5.10 Å². The van der Waals surface area contributed by atoms with Gasteiger partial charge in [-0.05, 0) is 6.92 Å². The molecular weight excluding hydrogens is 176 g/mol. The van der Waals surface area contributed by atoms with Crippen molar-refractivity contribution in [2.24, 2.45) is 0 Å². The predicted octanol–water partition coefficient (Wildman–Crippen LogP) is 1.65. The topological polar surface area (TPSA) is 65.4 Å². The van der Waals surface area contributed by atoms with E-state index in [4.69, 9.17) is 5.26 Å². The second-order valence-electron chi connectivity index (χ2n) is 3.01. The molecule has 0 fully saturated rings. The monoisotopic (exact) mass is 184 g/mol. The van der Waals surface area contributed by atoms with E-state index in [1.54, 1.807) is 0 Å². The van der Waals surface area contributed by atoms with Crippen molar-refractivity contribution in [3.63, 3.8) is 0 Å². The highest BCUT2D eigenvalue weighted by molar-refractivity contribution is 5.64. The number of H-pyrrole nitrogens is 1. The van der Waals surface area contributed by atoms with Crippen molar-refractivity contribution >= 4 is 0 Å². The largest absolute Gasteiger partial charge is 0.247 e. The lowest BCUT2D eigenvalue weighted by molar-refractivity contribution is 0.937. The van der Waals surface area contributed by atoms with Crippen molar-refractivity contribution in [3.8, 4) is 17.3 Å². The molecule has 0 radical (unpaired) electrons. The van der Waals surface area contributed by atoms with Crippen molar-refractivity contribution in [3.05, 3.63) is 35.5 Å². The minimum Gasteiger partial charge on any atom is -0.247 e. The van der Waals surface area contributed by atoms with Gasteiger partial charge in [-0.25, -0.2) is 5.10 Å². The summed E-state index contributed by atoms with van der Waals surface area (Å²) in [7, 11) is 0. The van der Waals surface area contributed by atoms with Crippen LogP contribution >= 0.6 is 0 Å². The van der Waals surface area contributed by atoms with E-state index in [0.717, 1.165) is 5.56 Å². The predicted molar refractivity (Wildman–Crippen MR) is 51.3 cm³/mol. The molecule has 0 saturated carbocycles. The van der Waals surface area contributed by atoms with Gasteiger partial charge in [-0.1, -0.05) is 35.0 Å². The Hall–Kier alpha value is -2.15. The standard InChI is InChI=1S/C10H8N4/c1-7-2-4-8(5-3-7)10-9(6-11)12-14-13-10/h2-5H,1H3,(H,12,13,14). The van der Waals surface area contributed by atoms with Crippen LogP contribution in [0.15, 0.2) is 24.3 Å². The van der Waals surface area contributed by atoms with Gasteiger partial charge in [0.05, 0.1) is 0 Å². The molecule has 1 heterocycles. The minimum atomic E-state index is 0.397. The third-order valence-corrected chi connectivity index (χ3v) is 1.99. The Morgan fingerprint density at radius 2 is 2.00 bits per heavy atom. The van der Waals surface area contributed by atoms with E-state index in [-0.39, 0.29) is 0 Å². The minimum absolute atomic E-state index is 0.397. The van der Waals surface area contributed by atoms with E-state index in [2.05, 4.69) is 15.4 Å². The average Bonchev–Trinajstić information content (AvgIpc) is 2.67. The maximum absolute atomic E-state index is 8.76. The molecule has 0 aliphatic heterocycles. The second kappa shape index (κ2) is 3.30. The summed E-state index contributed by atoms with van der Waals surface area (Å²) in [6, 6.07) is 9.81. The molecule has 14 heavy (non-hydrogen) atoms.